The molecule has 0 bridgehead atoms. The monoisotopic (exact) mass is 368 g/mol. The van der Waals surface area contributed by atoms with Crippen LogP contribution >= 0.6 is 22.6 Å². The average molecular weight is 368 g/mol. The minimum Gasteiger partial charge on any atom is -0.489 e. The molecule has 1 aromatic heterocycles. The van der Waals surface area contributed by atoms with Crippen molar-refractivity contribution in [1.82, 2.24) is 4.98 Å². The molecule has 0 aliphatic heterocycles. The maximum Gasteiger partial charge on any atom is 0.138 e. The Bertz CT molecular complexity index is 557. The van der Waals surface area contributed by atoms with E-state index < -0.39 is 0 Å². The first-order valence-corrected chi connectivity index (χ1v) is 7.27. The summed E-state index contributed by atoms with van der Waals surface area (Å²) in [5.41, 5.74) is 8.38. The van der Waals surface area contributed by atoms with Crippen LogP contribution in [-0.4, -0.2) is 11.1 Å². The van der Waals surface area contributed by atoms with Crippen LogP contribution < -0.4 is 10.5 Å². The molecular formula is C15H17IN2O. The highest BCUT2D eigenvalue weighted by atomic mass is 127. The lowest BCUT2D eigenvalue weighted by Gasteiger charge is -2.16. The fourth-order valence-corrected chi connectivity index (χ4v) is 2.57. The van der Waals surface area contributed by atoms with Crippen molar-refractivity contribution in [2.75, 3.05) is 0 Å². The number of hydrogen-bond donors (Lipinski definition) is 1. The Morgan fingerprint density at radius 2 is 1.95 bits per heavy atom. The van der Waals surface area contributed by atoms with E-state index in [9.17, 15) is 0 Å². The summed E-state index contributed by atoms with van der Waals surface area (Å²) < 4.78 is 6.81. The fraction of sp³-hybridized carbons (Fsp3) is 0.267. The molecule has 0 spiro atoms. The van der Waals surface area contributed by atoms with Gasteiger partial charge < -0.3 is 10.5 Å². The molecule has 1 atom stereocenters. The number of benzene rings is 1. The second kappa shape index (κ2) is 6.34. The van der Waals surface area contributed by atoms with Crippen molar-refractivity contribution in [3.63, 3.8) is 0 Å². The van der Waals surface area contributed by atoms with Crippen molar-refractivity contribution in [2.24, 2.45) is 5.73 Å². The first-order chi connectivity index (χ1) is 9.08. The zero-order valence-electron chi connectivity index (χ0n) is 11.0. The van der Waals surface area contributed by atoms with E-state index in [0.717, 1.165) is 20.4 Å². The quantitative estimate of drug-likeness (QED) is 0.841. The predicted octanol–water partition coefficient (Wildman–Crippen LogP) is 3.52. The molecule has 100 valence electrons. The Kier molecular flexibility index (Phi) is 4.76. The van der Waals surface area contributed by atoms with Crippen molar-refractivity contribution in [1.29, 1.82) is 0 Å². The van der Waals surface area contributed by atoms with Crippen LogP contribution in [0.25, 0.3) is 0 Å². The van der Waals surface area contributed by atoms with Crippen molar-refractivity contribution < 1.29 is 4.74 Å². The maximum atomic E-state index is 6.32. The van der Waals surface area contributed by atoms with Crippen LogP contribution in [0.1, 0.15) is 31.0 Å². The zero-order chi connectivity index (χ0) is 13.8. The topological polar surface area (TPSA) is 48.1 Å². The molecule has 2 N–H and O–H groups in total. The number of hydrogen-bond acceptors (Lipinski definition) is 3. The van der Waals surface area contributed by atoms with Gasteiger partial charge in [-0.15, -0.1) is 0 Å². The molecule has 1 unspecified atom stereocenters. The molecule has 0 amide bonds. The maximum absolute atomic E-state index is 6.32. The molecule has 1 heterocycles. The van der Waals surface area contributed by atoms with Crippen molar-refractivity contribution in [3.8, 4) is 5.75 Å². The molecule has 0 aliphatic carbocycles. The van der Waals surface area contributed by atoms with Crippen LogP contribution in [0.15, 0.2) is 42.7 Å². The average Bonchev–Trinajstić information content (AvgIpc) is 2.38. The van der Waals surface area contributed by atoms with E-state index in [1.165, 1.54) is 0 Å². The second-order valence-corrected chi connectivity index (χ2v) is 5.78. The Labute approximate surface area is 127 Å². The van der Waals surface area contributed by atoms with Gasteiger partial charge in [0.15, 0.2) is 0 Å². The van der Waals surface area contributed by atoms with Gasteiger partial charge in [0, 0.05) is 9.77 Å². The summed E-state index contributed by atoms with van der Waals surface area (Å²) >= 11 is 2.30. The summed E-state index contributed by atoms with van der Waals surface area (Å²) in [6, 6.07) is 9.88. The van der Waals surface area contributed by atoms with Crippen LogP contribution in [-0.2, 0) is 0 Å². The number of nitrogens with two attached hydrogens (primary N) is 1. The third-order valence-corrected chi connectivity index (χ3v) is 3.69. The summed E-state index contributed by atoms with van der Waals surface area (Å²) in [6.45, 7) is 3.99. The normalized spacial score (nSPS) is 12.5. The Morgan fingerprint density at radius 3 is 2.63 bits per heavy atom. The standard InChI is InChI=1S/C15H17IN2O/c1-10(2)19-12-7-11(8-18-9-12)15(17)13-5-3-4-6-14(13)16/h3-10,15H,17H2,1-2H3. The van der Waals surface area contributed by atoms with Crippen molar-refractivity contribution in [3.05, 3.63) is 57.4 Å². The molecule has 0 saturated carbocycles. The van der Waals surface area contributed by atoms with Gasteiger partial charge in [-0.3, -0.25) is 4.98 Å². The first kappa shape index (κ1) is 14.3. The molecule has 4 heteroatoms. The minimum absolute atomic E-state index is 0.130. The molecule has 1 aromatic carbocycles. The van der Waals surface area contributed by atoms with E-state index in [-0.39, 0.29) is 12.1 Å². The van der Waals surface area contributed by atoms with Crippen LogP contribution in [0.2, 0.25) is 0 Å². The molecular weight excluding hydrogens is 351 g/mol. The molecule has 19 heavy (non-hydrogen) atoms. The Hall–Kier alpha value is -1.14. The first-order valence-electron chi connectivity index (χ1n) is 6.19. The van der Waals surface area contributed by atoms with E-state index >= 15 is 0 Å². The van der Waals surface area contributed by atoms with Crippen LogP contribution in [0.4, 0.5) is 0 Å². The van der Waals surface area contributed by atoms with Gasteiger partial charge in [-0.25, -0.2) is 0 Å². The van der Waals surface area contributed by atoms with Gasteiger partial charge in [-0.05, 0) is 59.7 Å². The van der Waals surface area contributed by atoms with Crippen molar-refractivity contribution >= 4 is 22.6 Å². The van der Waals surface area contributed by atoms with Gasteiger partial charge in [-0.2, -0.15) is 0 Å². The van der Waals surface area contributed by atoms with Crippen LogP contribution in [0.3, 0.4) is 0 Å². The lowest BCUT2D eigenvalue weighted by Crippen LogP contribution is -2.14. The third kappa shape index (κ3) is 3.67. The highest BCUT2D eigenvalue weighted by Gasteiger charge is 2.13. The number of pyridine rings is 1. The molecule has 2 rings (SSSR count). The van der Waals surface area contributed by atoms with Crippen molar-refractivity contribution in [2.45, 2.75) is 26.0 Å². The number of aromatic nitrogens is 1. The fourth-order valence-electron chi connectivity index (χ4n) is 1.85. The van der Waals surface area contributed by atoms with Gasteiger partial charge in [0.25, 0.3) is 0 Å². The predicted molar refractivity (Wildman–Crippen MR) is 85.2 cm³/mol. The molecule has 0 radical (unpaired) electrons. The van der Waals surface area contributed by atoms with E-state index in [2.05, 4.69) is 33.6 Å². The molecule has 3 nitrogen and oxygen atoms in total. The number of halogens is 1. The summed E-state index contributed by atoms with van der Waals surface area (Å²) in [4.78, 5) is 4.21. The highest BCUT2D eigenvalue weighted by Crippen LogP contribution is 2.25. The summed E-state index contributed by atoms with van der Waals surface area (Å²) in [7, 11) is 0. The Balaban J connectivity index is 2.29. The SMILES string of the molecule is CC(C)Oc1cncc(C(N)c2ccccc2I)c1. The lowest BCUT2D eigenvalue weighted by atomic mass is 10.0. The van der Waals surface area contributed by atoms with E-state index in [4.69, 9.17) is 10.5 Å². The lowest BCUT2D eigenvalue weighted by molar-refractivity contribution is 0.241. The van der Waals surface area contributed by atoms with Gasteiger partial charge in [0.05, 0.1) is 18.3 Å². The van der Waals surface area contributed by atoms with E-state index in [1.807, 2.05) is 38.1 Å². The second-order valence-electron chi connectivity index (χ2n) is 4.62. The van der Waals surface area contributed by atoms with Gasteiger partial charge in [-0.1, -0.05) is 18.2 Å². The highest BCUT2D eigenvalue weighted by molar-refractivity contribution is 14.1. The largest absolute Gasteiger partial charge is 0.489 e. The molecule has 0 aliphatic rings. The summed E-state index contributed by atoms with van der Waals surface area (Å²) in [5.74, 6) is 0.758. The van der Waals surface area contributed by atoms with Crippen LogP contribution in [0, 0.1) is 3.57 Å². The zero-order valence-corrected chi connectivity index (χ0v) is 13.2. The Morgan fingerprint density at radius 1 is 1.21 bits per heavy atom. The minimum atomic E-state index is -0.184. The number of rotatable bonds is 4. The van der Waals surface area contributed by atoms with E-state index in [1.54, 1.807) is 12.4 Å². The third-order valence-electron chi connectivity index (χ3n) is 2.71. The molecule has 2 aromatic rings. The number of ether oxygens (including phenoxy) is 1. The smallest absolute Gasteiger partial charge is 0.138 e. The molecule has 0 saturated heterocycles. The number of nitrogens with zero attached hydrogens (tertiary/aromatic N) is 1. The van der Waals surface area contributed by atoms with E-state index in [0.29, 0.717) is 0 Å². The van der Waals surface area contributed by atoms with Crippen LogP contribution in [0.5, 0.6) is 5.75 Å². The summed E-state index contributed by atoms with van der Waals surface area (Å²) in [6.07, 6.45) is 3.64. The summed E-state index contributed by atoms with van der Waals surface area (Å²) in [5, 5.41) is 0. The van der Waals surface area contributed by atoms with Gasteiger partial charge in [0.1, 0.15) is 5.75 Å². The van der Waals surface area contributed by atoms with Gasteiger partial charge in [0.2, 0.25) is 0 Å². The van der Waals surface area contributed by atoms with Gasteiger partial charge >= 0.3 is 0 Å². The molecule has 0 fully saturated rings.